The van der Waals surface area contributed by atoms with Crippen molar-refractivity contribution in [2.24, 2.45) is 0 Å². The van der Waals surface area contributed by atoms with Crippen LogP contribution in [0.25, 0.3) is 10.9 Å². The van der Waals surface area contributed by atoms with Crippen LogP contribution in [0.15, 0.2) is 73.1 Å². The highest BCUT2D eigenvalue weighted by atomic mass is 35.5. The number of rotatable bonds is 5. The van der Waals surface area contributed by atoms with Crippen molar-refractivity contribution < 1.29 is 4.79 Å². The molecule has 31 heavy (non-hydrogen) atoms. The topological polar surface area (TPSA) is 58.1 Å². The van der Waals surface area contributed by atoms with Gasteiger partial charge < -0.3 is 10.2 Å². The van der Waals surface area contributed by atoms with Gasteiger partial charge in [0, 0.05) is 35.6 Å². The molecular formula is C25H23ClN4O. The monoisotopic (exact) mass is 430 g/mol. The maximum Gasteiger partial charge on any atom is 0.322 e. The third-order valence-electron chi connectivity index (χ3n) is 5.08. The first-order valence-corrected chi connectivity index (χ1v) is 10.4. The highest BCUT2D eigenvalue weighted by Gasteiger charge is 2.18. The van der Waals surface area contributed by atoms with Crippen LogP contribution in [-0.4, -0.2) is 20.9 Å². The number of aromatic nitrogens is 2. The van der Waals surface area contributed by atoms with Crippen molar-refractivity contribution >= 4 is 34.2 Å². The van der Waals surface area contributed by atoms with Gasteiger partial charge in [0.15, 0.2) is 0 Å². The van der Waals surface area contributed by atoms with E-state index in [9.17, 15) is 4.79 Å². The molecule has 0 saturated heterocycles. The Balaban J connectivity index is 1.66. The van der Waals surface area contributed by atoms with E-state index in [1.54, 1.807) is 17.3 Å². The Hall–Kier alpha value is -3.44. The van der Waals surface area contributed by atoms with Gasteiger partial charge in [0.2, 0.25) is 0 Å². The van der Waals surface area contributed by atoms with Gasteiger partial charge in [-0.15, -0.1) is 0 Å². The van der Waals surface area contributed by atoms with Crippen molar-refractivity contribution in [1.82, 2.24) is 14.9 Å². The zero-order chi connectivity index (χ0) is 21.8. The lowest BCUT2D eigenvalue weighted by Gasteiger charge is -2.24. The van der Waals surface area contributed by atoms with Gasteiger partial charge in [-0.05, 0) is 60.9 Å². The lowest BCUT2D eigenvalue weighted by Crippen LogP contribution is -2.34. The number of pyridine rings is 2. The van der Waals surface area contributed by atoms with E-state index in [1.807, 2.05) is 61.5 Å². The van der Waals surface area contributed by atoms with Gasteiger partial charge >= 0.3 is 6.03 Å². The van der Waals surface area contributed by atoms with Crippen LogP contribution >= 0.6 is 11.6 Å². The Bertz CT molecular complexity index is 1210. The number of hydrogen-bond donors (Lipinski definition) is 1. The van der Waals surface area contributed by atoms with Crippen LogP contribution < -0.4 is 5.32 Å². The molecule has 0 aliphatic rings. The molecule has 0 aliphatic carbocycles. The summed E-state index contributed by atoms with van der Waals surface area (Å²) in [6.45, 7) is 4.82. The first kappa shape index (κ1) is 20.8. The minimum absolute atomic E-state index is 0.216. The van der Waals surface area contributed by atoms with Crippen molar-refractivity contribution in [2.75, 3.05) is 5.32 Å². The van der Waals surface area contributed by atoms with Crippen molar-refractivity contribution in [3.8, 4) is 0 Å². The fourth-order valence-corrected chi connectivity index (χ4v) is 3.81. The van der Waals surface area contributed by atoms with Crippen molar-refractivity contribution in [3.05, 3.63) is 100 Å². The molecule has 2 aromatic carbocycles. The van der Waals surface area contributed by atoms with E-state index in [1.165, 1.54) is 0 Å². The summed E-state index contributed by atoms with van der Waals surface area (Å²) in [6.07, 6.45) is 3.47. The number of anilines is 1. The molecule has 0 bridgehead atoms. The summed E-state index contributed by atoms with van der Waals surface area (Å²) in [4.78, 5) is 23.6. The number of hydrogen-bond acceptors (Lipinski definition) is 3. The van der Waals surface area contributed by atoms with Crippen molar-refractivity contribution in [2.45, 2.75) is 26.9 Å². The third kappa shape index (κ3) is 5.01. The van der Waals surface area contributed by atoms with Gasteiger partial charge in [-0.2, -0.15) is 0 Å². The van der Waals surface area contributed by atoms with Crippen LogP contribution in [0.3, 0.4) is 0 Å². The molecule has 1 N–H and O–H groups in total. The molecule has 2 aromatic heterocycles. The Morgan fingerprint density at radius 2 is 1.84 bits per heavy atom. The van der Waals surface area contributed by atoms with E-state index in [0.29, 0.717) is 18.2 Å². The van der Waals surface area contributed by atoms with Crippen LogP contribution in [-0.2, 0) is 13.1 Å². The average Bonchev–Trinajstić information content (AvgIpc) is 2.75. The normalized spacial score (nSPS) is 10.8. The summed E-state index contributed by atoms with van der Waals surface area (Å²) >= 11 is 6.54. The van der Waals surface area contributed by atoms with Gasteiger partial charge in [0.05, 0.1) is 12.1 Å². The molecule has 156 valence electrons. The molecule has 0 spiro atoms. The van der Waals surface area contributed by atoms with Gasteiger partial charge in [-0.3, -0.25) is 4.98 Å². The van der Waals surface area contributed by atoms with E-state index >= 15 is 0 Å². The highest BCUT2D eigenvalue weighted by Crippen LogP contribution is 2.26. The molecule has 5 nitrogen and oxygen atoms in total. The largest absolute Gasteiger partial charge is 0.322 e. The molecule has 6 heteroatoms. The second-order valence-electron chi connectivity index (χ2n) is 7.60. The molecule has 4 aromatic rings. The molecule has 0 aliphatic heterocycles. The summed E-state index contributed by atoms with van der Waals surface area (Å²) in [5.41, 5.74) is 5.60. The van der Waals surface area contributed by atoms with Gasteiger partial charge in [0.1, 0.15) is 5.15 Å². The number of urea groups is 1. The Kier molecular flexibility index (Phi) is 6.14. The van der Waals surface area contributed by atoms with E-state index in [0.717, 1.165) is 38.8 Å². The Morgan fingerprint density at radius 1 is 1.03 bits per heavy atom. The number of carbonyl (C=O) groups is 1. The molecule has 0 atom stereocenters. The number of halogens is 1. The van der Waals surface area contributed by atoms with E-state index in [-0.39, 0.29) is 6.03 Å². The predicted octanol–water partition coefficient (Wildman–Crippen LogP) is 6.13. The Morgan fingerprint density at radius 3 is 2.58 bits per heavy atom. The minimum atomic E-state index is -0.216. The number of nitrogens with one attached hydrogen (secondary N) is 1. The maximum absolute atomic E-state index is 13.1. The molecule has 4 rings (SSSR count). The second kappa shape index (κ2) is 9.14. The van der Waals surface area contributed by atoms with Gasteiger partial charge in [-0.1, -0.05) is 41.9 Å². The fraction of sp³-hybridized carbons (Fsp3) is 0.160. The number of carbonyl (C=O) groups excluding carboxylic acids is 1. The Labute approximate surface area is 186 Å². The van der Waals surface area contributed by atoms with E-state index < -0.39 is 0 Å². The molecule has 0 unspecified atom stereocenters. The van der Waals surface area contributed by atoms with Crippen molar-refractivity contribution in [1.29, 1.82) is 0 Å². The van der Waals surface area contributed by atoms with Gasteiger partial charge in [0.25, 0.3) is 0 Å². The lowest BCUT2D eigenvalue weighted by molar-refractivity contribution is 0.206. The molecule has 2 heterocycles. The first-order valence-electron chi connectivity index (χ1n) is 10.1. The minimum Gasteiger partial charge on any atom is -0.316 e. The molecule has 0 saturated carbocycles. The highest BCUT2D eigenvalue weighted by molar-refractivity contribution is 6.30. The van der Waals surface area contributed by atoms with Crippen LogP contribution in [0.1, 0.15) is 22.3 Å². The molecule has 0 radical (unpaired) electrons. The number of aryl methyl sites for hydroxylation is 2. The van der Waals surface area contributed by atoms with E-state index in [4.69, 9.17) is 11.6 Å². The SMILES string of the molecule is Cc1cc(C)c2cc(CN(Cc3cccnc3)C(=O)Nc3ccccc3)c(Cl)nc2c1. The number of benzene rings is 2. The summed E-state index contributed by atoms with van der Waals surface area (Å²) in [5, 5.41) is 4.40. The van der Waals surface area contributed by atoms with Crippen LogP contribution in [0.5, 0.6) is 0 Å². The number of fused-ring (bicyclic) bond motifs is 1. The zero-order valence-corrected chi connectivity index (χ0v) is 18.2. The molecule has 2 amide bonds. The first-order chi connectivity index (χ1) is 15.0. The van der Waals surface area contributed by atoms with Crippen LogP contribution in [0, 0.1) is 13.8 Å². The second-order valence-corrected chi connectivity index (χ2v) is 7.96. The summed E-state index contributed by atoms with van der Waals surface area (Å²) in [7, 11) is 0. The van der Waals surface area contributed by atoms with Crippen molar-refractivity contribution in [3.63, 3.8) is 0 Å². The van der Waals surface area contributed by atoms with Gasteiger partial charge in [-0.25, -0.2) is 9.78 Å². The average molecular weight is 431 g/mol. The lowest BCUT2D eigenvalue weighted by atomic mass is 10.0. The number of nitrogens with zero attached hydrogens (tertiary/aromatic N) is 3. The summed E-state index contributed by atoms with van der Waals surface area (Å²) < 4.78 is 0. The number of para-hydroxylation sites is 1. The van der Waals surface area contributed by atoms with Crippen LogP contribution in [0.2, 0.25) is 5.15 Å². The molecular weight excluding hydrogens is 408 g/mol. The number of amides is 2. The molecule has 0 fully saturated rings. The summed E-state index contributed by atoms with van der Waals surface area (Å²) in [6, 6.07) is 19.2. The zero-order valence-electron chi connectivity index (χ0n) is 17.5. The van der Waals surface area contributed by atoms with Crippen LogP contribution in [0.4, 0.5) is 10.5 Å². The third-order valence-corrected chi connectivity index (χ3v) is 5.41. The predicted molar refractivity (Wildman–Crippen MR) is 125 cm³/mol. The summed E-state index contributed by atoms with van der Waals surface area (Å²) in [5.74, 6) is 0. The quantitative estimate of drug-likeness (QED) is 0.387. The smallest absolute Gasteiger partial charge is 0.316 e. The van der Waals surface area contributed by atoms with E-state index in [2.05, 4.69) is 28.3 Å². The fourth-order valence-electron chi connectivity index (χ4n) is 3.60. The standard InChI is InChI=1S/C25H23ClN4O/c1-17-11-18(2)22-13-20(24(26)29-23(22)12-17)16-30(15-19-7-6-10-27-14-19)25(31)28-21-8-4-3-5-9-21/h3-14H,15-16H2,1-2H3,(H,28,31). The maximum atomic E-state index is 13.1.